The van der Waals surface area contributed by atoms with Gasteiger partial charge in [0.25, 0.3) is 0 Å². The molecule has 0 atom stereocenters. The first kappa shape index (κ1) is 12.3. The first-order chi connectivity index (χ1) is 9.33. The predicted octanol–water partition coefficient (Wildman–Crippen LogP) is 4.47. The minimum absolute atomic E-state index is 0.542. The Morgan fingerprint density at radius 2 is 1.84 bits per heavy atom. The molecule has 2 nitrogen and oxygen atoms in total. The van der Waals surface area contributed by atoms with Gasteiger partial charge in [-0.05, 0) is 29.8 Å². The molecule has 0 aliphatic carbocycles. The Bertz CT molecular complexity index is 676. The molecule has 0 bridgehead atoms. The summed E-state index contributed by atoms with van der Waals surface area (Å²) < 4.78 is 7.81. The van der Waals surface area contributed by atoms with Gasteiger partial charge in [-0.1, -0.05) is 41.9 Å². The fourth-order valence-corrected chi connectivity index (χ4v) is 2.30. The van der Waals surface area contributed by atoms with Crippen LogP contribution in [0.5, 0.6) is 0 Å². The normalized spacial score (nSPS) is 11.0. The van der Waals surface area contributed by atoms with E-state index in [4.69, 9.17) is 16.3 Å². The number of halogens is 1. The molecular formula is C16H14ClNO. The van der Waals surface area contributed by atoms with Crippen molar-refractivity contribution < 1.29 is 4.74 Å². The van der Waals surface area contributed by atoms with Crippen LogP contribution >= 0.6 is 11.6 Å². The molecule has 2 aromatic carbocycles. The average molecular weight is 272 g/mol. The van der Waals surface area contributed by atoms with Gasteiger partial charge >= 0.3 is 0 Å². The third kappa shape index (κ3) is 2.80. The highest BCUT2D eigenvalue weighted by atomic mass is 35.5. The molecule has 0 saturated heterocycles. The van der Waals surface area contributed by atoms with Gasteiger partial charge in [-0.25, -0.2) is 0 Å². The summed E-state index contributed by atoms with van der Waals surface area (Å²) in [4.78, 5) is 0. The number of ether oxygens (including phenoxy) is 1. The summed E-state index contributed by atoms with van der Waals surface area (Å²) in [7, 11) is 0. The van der Waals surface area contributed by atoms with Gasteiger partial charge in [0.05, 0.1) is 12.1 Å². The van der Waals surface area contributed by atoms with Gasteiger partial charge in [-0.15, -0.1) is 0 Å². The van der Waals surface area contributed by atoms with Crippen molar-refractivity contribution in [3.05, 3.63) is 71.4 Å². The molecule has 1 aromatic heterocycles. The molecule has 3 heteroatoms. The van der Waals surface area contributed by atoms with E-state index in [1.165, 1.54) is 5.56 Å². The van der Waals surface area contributed by atoms with Crippen molar-refractivity contribution >= 4 is 22.5 Å². The van der Waals surface area contributed by atoms with Crippen molar-refractivity contribution in [2.75, 3.05) is 0 Å². The quantitative estimate of drug-likeness (QED) is 0.683. The predicted molar refractivity (Wildman–Crippen MR) is 78.2 cm³/mol. The van der Waals surface area contributed by atoms with E-state index in [1.54, 1.807) is 0 Å². The third-order valence-electron chi connectivity index (χ3n) is 3.07. The number of hydrogen-bond donors (Lipinski definition) is 0. The van der Waals surface area contributed by atoms with Crippen LogP contribution in [-0.4, -0.2) is 4.57 Å². The van der Waals surface area contributed by atoms with Crippen LogP contribution in [0.25, 0.3) is 10.9 Å². The Morgan fingerprint density at radius 1 is 1.00 bits per heavy atom. The van der Waals surface area contributed by atoms with E-state index in [0.717, 1.165) is 15.9 Å². The third-order valence-corrected chi connectivity index (χ3v) is 3.31. The van der Waals surface area contributed by atoms with Crippen molar-refractivity contribution in [2.45, 2.75) is 13.3 Å². The minimum atomic E-state index is 0.542. The number of nitrogens with zero attached hydrogens (tertiary/aromatic N) is 1. The monoisotopic (exact) mass is 271 g/mol. The lowest BCUT2D eigenvalue weighted by molar-refractivity contribution is 0.0668. The Labute approximate surface area is 117 Å². The molecule has 96 valence electrons. The standard InChI is InChI=1S/C16H14ClNO/c17-15-6-7-16-14(10-15)8-9-18(16)12-19-11-13-4-2-1-3-5-13/h1-10H,11-12H2. The van der Waals surface area contributed by atoms with Gasteiger partial charge in [0.2, 0.25) is 0 Å². The zero-order valence-corrected chi connectivity index (χ0v) is 11.2. The van der Waals surface area contributed by atoms with E-state index in [9.17, 15) is 0 Å². The minimum Gasteiger partial charge on any atom is -0.356 e. The summed E-state index contributed by atoms with van der Waals surface area (Å²) >= 11 is 5.97. The van der Waals surface area contributed by atoms with Crippen LogP contribution in [0.15, 0.2) is 60.8 Å². The van der Waals surface area contributed by atoms with Crippen molar-refractivity contribution in [3.63, 3.8) is 0 Å². The number of rotatable bonds is 4. The highest BCUT2D eigenvalue weighted by Gasteiger charge is 2.01. The number of hydrogen-bond acceptors (Lipinski definition) is 1. The fraction of sp³-hybridized carbons (Fsp3) is 0.125. The molecule has 3 rings (SSSR count). The average Bonchev–Trinajstić information content (AvgIpc) is 2.82. The maximum Gasteiger partial charge on any atom is 0.123 e. The van der Waals surface area contributed by atoms with Crippen molar-refractivity contribution in [2.24, 2.45) is 0 Å². The molecule has 0 spiro atoms. The topological polar surface area (TPSA) is 14.2 Å². The molecule has 19 heavy (non-hydrogen) atoms. The molecule has 0 saturated carbocycles. The van der Waals surface area contributed by atoms with Gasteiger partial charge < -0.3 is 9.30 Å². The second-order valence-corrected chi connectivity index (χ2v) is 4.89. The summed E-state index contributed by atoms with van der Waals surface area (Å²) in [5.41, 5.74) is 2.32. The molecule has 0 unspecified atom stereocenters. The number of benzene rings is 2. The van der Waals surface area contributed by atoms with Gasteiger partial charge in [-0.2, -0.15) is 0 Å². The lowest BCUT2D eigenvalue weighted by atomic mass is 10.2. The summed E-state index contributed by atoms with van der Waals surface area (Å²) in [6.45, 7) is 1.16. The summed E-state index contributed by atoms with van der Waals surface area (Å²) in [6, 6.07) is 18.1. The first-order valence-electron chi connectivity index (χ1n) is 6.19. The fourth-order valence-electron chi connectivity index (χ4n) is 2.12. The molecule has 3 aromatic rings. The Morgan fingerprint density at radius 3 is 2.68 bits per heavy atom. The van der Waals surface area contributed by atoms with E-state index in [1.807, 2.05) is 48.7 Å². The van der Waals surface area contributed by atoms with Crippen LogP contribution in [0.1, 0.15) is 5.56 Å². The van der Waals surface area contributed by atoms with Gasteiger partial charge in [-0.3, -0.25) is 0 Å². The molecule has 0 aliphatic rings. The first-order valence-corrected chi connectivity index (χ1v) is 6.57. The van der Waals surface area contributed by atoms with Gasteiger partial charge in [0.15, 0.2) is 0 Å². The SMILES string of the molecule is Clc1ccc2c(ccn2COCc2ccccc2)c1. The van der Waals surface area contributed by atoms with Crippen LogP contribution in [0.3, 0.4) is 0 Å². The second-order valence-electron chi connectivity index (χ2n) is 4.45. The second kappa shape index (κ2) is 5.47. The van der Waals surface area contributed by atoms with Crippen LogP contribution in [0.2, 0.25) is 5.02 Å². The zero-order chi connectivity index (χ0) is 13.1. The molecule has 0 radical (unpaired) electrons. The van der Waals surface area contributed by atoms with Crippen molar-refractivity contribution in [1.82, 2.24) is 4.57 Å². The number of aromatic nitrogens is 1. The van der Waals surface area contributed by atoms with E-state index in [2.05, 4.69) is 16.7 Å². The van der Waals surface area contributed by atoms with Crippen molar-refractivity contribution in [3.8, 4) is 0 Å². The largest absolute Gasteiger partial charge is 0.356 e. The summed E-state index contributed by atoms with van der Waals surface area (Å²) in [6.07, 6.45) is 2.02. The van der Waals surface area contributed by atoms with Gasteiger partial charge in [0.1, 0.15) is 6.73 Å². The molecular weight excluding hydrogens is 258 g/mol. The van der Waals surface area contributed by atoms with Gasteiger partial charge in [0, 0.05) is 16.6 Å². The highest BCUT2D eigenvalue weighted by molar-refractivity contribution is 6.31. The van der Waals surface area contributed by atoms with Crippen LogP contribution in [0, 0.1) is 0 Å². The van der Waals surface area contributed by atoms with Crippen LogP contribution in [-0.2, 0) is 18.1 Å². The van der Waals surface area contributed by atoms with Crippen LogP contribution in [0.4, 0.5) is 0 Å². The maximum atomic E-state index is 5.97. The zero-order valence-electron chi connectivity index (χ0n) is 10.4. The Kier molecular flexibility index (Phi) is 3.53. The Balaban J connectivity index is 1.69. The maximum absolute atomic E-state index is 5.97. The smallest absolute Gasteiger partial charge is 0.123 e. The number of fused-ring (bicyclic) bond motifs is 1. The molecule has 0 N–H and O–H groups in total. The van der Waals surface area contributed by atoms with E-state index >= 15 is 0 Å². The highest BCUT2D eigenvalue weighted by Crippen LogP contribution is 2.20. The van der Waals surface area contributed by atoms with E-state index < -0.39 is 0 Å². The summed E-state index contributed by atoms with van der Waals surface area (Å²) in [5, 5.41) is 1.89. The van der Waals surface area contributed by atoms with Crippen molar-refractivity contribution in [1.29, 1.82) is 0 Å². The molecule has 0 amide bonds. The summed E-state index contributed by atoms with van der Waals surface area (Å²) in [5.74, 6) is 0. The molecule has 0 aliphatic heterocycles. The van der Waals surface area contributed by atoms with E-state index in [0.29, 0.717) is 13.3 Å². The van der Waals surface area contributed by atoms with Crippen LogP contribution < -0.4 is 0 Å². The lowest BCUT2D eigenvalue weighted by Gasteiger charge is -2.07. The van der Waals surface area contributed by atoms with E-state index in [-0.39, 0.29) is 0 Å². The molecule has 0 fully saturated rings. The molecule has 1 heterocycles. The Hall–Kier alpha value is -1.77. The lowest BCUT2D eigenvalue weighted by Crippen LogP contribution is -2.01.